The molecule has 0 spiro atoms. The van der Waals surface area contributed by atoms with Crippen molar-refractivity contribution in [2.75, 3.05) is 32.8 Å². The molecule has 3 aromatic heterocycles. The van der Waals surface area contributed by atoms with Gasteiger partial charge in [0.2, 0.25) is 5.91 Å². The Kier molecular flexibility index (Phi) is 8.46. The first-order valence-electron chi connectivity index (χ1n) is 12.8. The van der Waals surface area contributed by atoms with Crippen molar-refractivity contribution in [1.82, 2.24) is 29.9 Å². The molecule has 0 radical (unpaired) electrons. The van der Waals surface area contributed by atoms with Crippen LogP contribution in [-0.4, -0.2) is 69.6 Å². The Morgan fingerprint density at radius 2 is 2.21 bits per heavy atom. The van der Waals surface area contributed by atoms with Gasteiger partial charge in [-0.05, 0) is 50.2 Å². The van der Waals surface area contributed by atoms with Crippen LogP contribution in [0.2, 0.25) is 0 Å². The van der Waals surface area contributed by atoms with Crippen molar-refractivity contribution in [3.63, 3.8) is 0 Å². The Hall–Kier alpha value is -3.96. The topological polar surface area (TPSA) is 108 Å². The second-order valence-electron chi connectivity index (χ2n) is 9.21. The lowest BCUT2D eigenvalue weighted by Gasteiger charge is -2.26. The predicted octanol–water partition coefficient (Wildman–Crippen LogP) is 2.37. The van der Waals surface area contributed by atoms with Gasteiger partial charge >= 0.3 is 0 Å². The molecule has 2 aliphatic heterocycles. The van der Waals surface area contributed by atoms with E-state index in [1.165, 1.54) is 0 Å². The van der Waals surface area contributed by atoms with Crippen LogP contribution >= 0.6 is 0 Å². The van der Waals surface area contributed by atoms with Crippen molar-refractivity contribution in [1.29, 1.82) is 0 Å². The normalized spacial score (nSPS) is 18.6. The summed E-state index contributed by atoms with van der Waals surface area (Å²) in [6.45, 7) is 5.59. The SMILES string of the molecule is C[C@H](OC1CCCCO1)c1nccn1Cc1cc(-c2ccc(C#CC#CCN3CCNC(=O)C3)cn2)on1. The summed E-state index contributed by atoms with van der Waals surface area (Å²) < 4.78 is 19.3. The molecule has 2 fully saturated rings. The molecule has 2 saturated heterocycles. The standard InChI is InChI=1S/C28H30N6O4/c1-21(37-27-8-4-6-16-36-27)28-30-12-15-34(28)19-23-17-25(38-32-23)24-10-9-22(18-31-24)7-3-2-5-13-33-14-11-29-26(35)20-33/h9-10,12,15,17-18,21,27H,4,6,8,11,13-14,16,19-20H2,1H3,(H,29,35)/t21-,27?/m0/s1. The zero-order valence-electron chi connectivity index (χ0n) is 21.4. The van der Waals surface area contributed by atoms with E-state index in [0.717, 1.165) is 49.5 Å². The van der Waals surface area contributed by atoms with Crippen molar-refractivity contribution in [3.8, 4) is 35.1 Å². The fraction of sp³-hybridized carbons (Fsp3) is 0.429. The van der Waals surface area contributed by atoms with Crippen LogP contribution in [-0.2, 0) is 20.8 Å². The van der Waals surface area contributed by atoms with Gasteiger partial charge in [0, 0.05) is 49.9 Å². The molecule has 10 nitrogen and oxygen atoms in total. The van der Waals surface area contributed by atoms with Crippen LogP contribution in [0.1, 0.15) is 49.4 Å². The fourth-order valence-corrected chi connectivity index (χ4v) is 4.34. The van der Waals surface area contributed by atoms with E-state index in [1.54, 1.807) is 12.4 Å². The van der Waals surface area contributed by atoms with Gasteiger partial charge in [0.05, 0.1) is 19.6 Å². The zero-order chi connectivity index (χ0) is 26.2. The van der Waals surface area contributed by atoms with E-state index in [-0.39, 0.29) is 18.3 Å². The number of pyridine rings is 1. The summed E-state index contributed by atoms with van der Waals surface area (Å²) in [7, 11) is 0. The van der Waals surface area contributed by atoms with Gasteiger partial charge in [0.25, 0.3) is 0 Å². The number of rotatable bonds is 7. The van der Waals surface area contributed by atoms with Gasteiger partial charge < -0.3 is 23.9 Å². The highest BCUT2D eigenvalue weighted by Crippen LogP contribution is 2.24. The molecule has 0 bridgehead atoms. The summed E-state index contributed by atoms with van der Waals surface area (Å²) in [5.41, 5.74) is 2.17. The van der Waals surface area contributed by atoms with E-state index in [0.29, 0.717) is 37.6 Å². The van der Waals surface area contributed by atoms with Crippen LogP contribution in [0.4, 0.5) is 0 Å². The minimum absolute atomic E-state index is 0.0326. The summed E-state index contributed by atoms with van der Waals surface area (Å²) in [6, 6.07) is 5.59. The summed E-state index contributed by atoms with van der Waals surface area (Å²) in [6.07, 6.45) is 8.07. The summed E-state index contributed by atoms with van der Waals surface area (Å²) >= 11 is 0. The van der Waals surface area contributed by atoms with E-state index in [1.807, 2.05) is 40.8 Å². The number of imidazole rings is 1. The molecule has 2 atom stereocenters. The third-order valence-electron chi connectivity index (χ3n) is 6.29. The molecule has 5 rings (SSSR count). The molecule has 2 aliphatic rings. The average Bonchev–Trinajstić information content (AvgIpc) is 3.60. The first-order chi connectivity index (χ1) is 18.6. The van der Waals surface area contributed by atoms with Crippen LogP contribution in [0.15, 0.2) is 41.3 Å². The van der Waals surface area contributed by atoms with Gasteiger partial charge in [-0.15, -0.1) is 0 Å². The molecule has 1 N–H and O–H groups in total. The first kappa shape index (κ1) is 25.7. The molecule has 3 aromatic rings. The van der Waals surface area contributed by atoms with Crippen molar-refractivity contribution in [3.05, 3.63) is 53.9 Å². The zero-order valence-corrected chi connectivity index (χ0v) is 21.4. The molecule has 0 aliphatic carbocycles. The van der Waals surface area contributed by atoms with Gasteiger partial charge in [-0.25, -0.2) is 4.98 Å². The maximum atomic E-state index is 11.4. The van der Waals surface area contributed by atoms with E-state index < -0.39 is 0 Å². The first-order valence-corrected chi connectivity index (χ1v) is 12.8. The summed E-state index contributed by atoms with van der Waals surface area (Å²) in [4.78, 5) is 22.3. The number of nitrogens with zero attached hydrogens (tertiary/aromatic N) is 5. The second kappa shape index (κ2) is 12.5. The minimum Gasteiger partial charge on any atom is -0.354 e. The Morgan fingerprint density at radius 3 is 3.03 bits per heavy atom. The van der Waals surface area contributed by atoms with Crippen molar-refractivity contribution in [2.24, 2.45) is 0 Å². The molecule has 1 amide bonds. The number of aromatic nitrogens is 4. The van der Waals surface area contributed by atoms with Gasteiger partial charge in [0.1, 0.15) is 23.3 Å². The third-order valence-corrected chi connectivity index (χ3v) is 6.29. The number of carbonyl (C=O) groups is 1. The van der Waals surface area contributed by atoms with E-state index in [2.05, 4.69) is 44.1 Å². The number of amides is 1. The Morgan fingerprint density at radius 1 is 1.26 bits per heavy atom. The molecule has 0 aromatic carbocycles. The molecule has 5 heterocycles. The third kappa shape index (κ3) is 6.87. The average molecular weight is 515 g/mol. The lowest BCUT2D eigenvalue weighted by Crippen LogP contribution is -2.47. The van der Waals surface area contributed by atoms with E-state index in [9.17, 15) is 4.79 Å². The van der Waals surface area contributed by atoms with Crippen molar-refractivity contribution >= 4 is 5.91 Å². The summed E-state index contributed by atoms with van der Waals surface area (Å²) in [5, 5.41) is 7.01. The van der Waals surface area contributed by atoms with Crippen LogP contribution < -0.4 is 5.32 Å². The molecular formula is C28H30N6O4. The number of carbonyl (C=O) groups excluding carboxylic acids is 1. The molecule has 1 unspecified atom stereocenters. The van der Waals surface area contributed by atoms with Gasteiger partial charge in [-0.3, -0.25) is 14.7 Å². The molecule has 0 saturated carbocycles. The van der Waals surface area contributed by atoms with Crippen molar-refractivity contribution < 1.29 is 18.8 Å². The maximum absolute atomic E-state index is 11.4. The smallest absolute Gasteiger partial charge is 0.234 e. The van der Waals surface area contributed by atoms with Crippen molar-refractivity contribution in [2.45, 2.75) is 45.1 Å². The Balaban J connectivity index is 1.15. The molecular weight excluding hydrogens is 484 g/mol. The van der Waals surface area contributed by atoms with Crippen LogP contribution in [0.3, 0.4) is 0 Å². The van der Waals surface area contributed by atoms with Crippen LogP contribution in [0.5, 0.6) is 0 Å². The number of piperazine rings is 1. The highest BCUT2D eigenvalue weighted by molar-refractivity contribution is 5.78. The highest BCUT2D eigenvalue weighted by Gasteiger charge is 2.21. The molecule has 196 valence electrons. The predicted molar refractivity (Wildman–Crippen MR) is 138 cm³/mol. The number of ether oxygens (including phenoxy) is 2. The number of hydrogen-bond donors (Lipinski definition) is 1. The fourth-order valence-electron chi connectivity index (χ4n) is 4.34. The molecule has 38 heavy (non-hydrogen) atoms. The largest absolute Gasteiger partial charge is 0.354 e. The lowest BCUT2D eigenvalue weighted by atomic mass is 10.2. The van der Waals surface area contributed by atoms with Gasteiger partial charge in [0.15, 0.2) is 12.1 Å². The number of hydrogen-bond acceptors (Lipinski definition) is 8. The maximum Gasteiger partial charge on any atom is 0.234 e. The molecule has 10 heteroatoms. The quantitative estimate of drug-likeness (QED) is 0.479. The van der Waals surface area contributed by atoms with E-state index >= 15 is 0 Å². The van der Waals surface area contributed by atoms with Gasteiger partial charge in [-0.2, -0.15) is 0 Å². The summed E-state index contributed by atoms with van der Waals surface area (Å²) in [5.74, 6) is 13.1. The second-order valence-corrected chi connectivity index (χ2v) is 9.21. The Labute approximate surface area is 221 Å². The minimum atomic E-state index is -0.203. The Bertz CT molecular complexity index is 1350. The van der Waals surface area contributed by atoms with Crippen LogP contribution in [0.25, 0.3) is 11.5 Å². The monoisotopic (exact) mass is 514 g/mol. The number of nitrogens with one attached hydrogen (secondary N) is 1. The van der Waals surface area contributed by atoms with Gasteiger partial charge in [-0.1, -0.05) is 17.0 Å². The van der Waals surface area contributed by atoms with E-state index in [4.69, 9.17) is 14.0 Å². The highest BCUT2D eigenvalue weighted by atomic mass is 16.7. The lowest BCUT2D eigenvalue weighted by molar-refractivity contribution is -0.188. The van der Waals surface area contributed by atoms with Crippen LogP contribution in [0, 0.1) is 23.7 Å².